The number of esters is 2. The van der Waals surface area contributed by atoms with Gasteiger partial charge < -0.3 is 18.9 Å². The van der Waals surface area contributed by atoms with Gasteiger partial charge in [-0.25, -0.2) is 0 Å². The first-order valence-electron chi connectivity index (χ1n) is 31.1. The fraction of sp³-hybridized carbons (Fsp3) is 0.758. The number of hydrogen-bond donors (Lipinski definition) is 0. The van der Waals surface area contributed by atoms with E-state index in [1.54, 1.807) is 0 Å². The van der Waals surface area contributed by atoms with Crippen LogP contribution in [-0.4, -0.2) is 38.4 Å². The number of ether oxygens (including phenoxy) is 4. The van der Waals surface area contributed by atoms with Gasteiger partial charge in [-0.05, 0) is 56.6 Å². The van der Waals surface area contributed by atoms with Crippen molar-refractivity contribution in [2.24, 2.45) is 0 Å². The number of aryl methyl sites for hydroxylation is 1. The van der Waals surface area contributed by atoms with Crippen molar-refractivity contribution in [1.29, 1.82) is 0 Å². The summed E-state index contributed by atoms with van der Waals surface area (Å²) < 4.78 is 23.9. The van der Waals surface area contributed by atoms with Crippen LogP contribution >= 0.6 is 0 Å². The van der Waals surface area contributed by atoms with Crippen LogP contribution in [0.3, 0.4) is 0 Å². The molecular weight excluding hydrogens is 889 g/mol. The maximum atomic E-state index is 11.7. The van der Waals surface area contributed by atoms with Crippen LogP contribution < -0.4 is 9.47 Å². The van der Waals surface area contributed by atoms with E-state index in [1.165, 1.54) is 220 Å². The predicted octanol–water partition coefficient (Wildman–Crippen LogP) is 20.8. The molecule has 3 aromatic carbocycles. The highest BCUT2D eigenvalue weighted by atomic mass is 16.5. The molecule has 0 saturated carbocycles. The second-order valence-electron chi connectivity index (χ2n) is 21.5. The van der Waals surface area contributed by atoms with E-state index in [9.17, 15) is 9.59 Å². The summed E-state index contributed by atoms with van der Waals surface area (Å²) in [6, 6.07) is 15.6. The van der Waals surface area contributed by atoms with Crippen molar-refractivity contribution < 1.29 is 28.5 Å². The van der Waals surface area contributed by atoms with E-state index in [-0.39, 0.29) is 11.9 Å². The average molecular weight is 1000 g/mol. The normalized spacial score (nSPS) is 11.5. The highest BCUT2D eigenvalue weighted by Crippen LogP contribution is 2.43. The third kappa shape index (κ3) is 30.8. The van der Waals surface area contributed by atoms with Gasteiger partial charge in [0.25, 0.3) is 0 Å². The van der Waals surface area contributed by atoms with Gasteiger partial charge in [-0.2, -0.15) is 0 Å². The summed E-state index contributed by atoms with van der Waals surface area (Å²) in [4.78, 5) is 23.4. The van der Waals surface area contributed by atoms with Crippen molar-refractivity contribution in [3.63, 3.8) is 0 Å². The first-order valence-corrected chi connectivity index (χ1v) is 31.1. The number of fused-ring (bicyclic) bond motifs is 2. The molecule has 0 N–H and O–H groups in total. The third-order valence-corrected chi connectivity index (χ3v) is 15.0. The number of rotatable bonds is 51. The van der Waals surface area contributed by atoms with Crippen LogP contribution in [0.4, 0.5) is 0 Å². The summed E-state index contributed by atoms with van der Waals surface area (Å²) in [5.41, 5.74) is 1.34. The summed E-state index contributed by atoms with van der Waals surface area (Å²) >= 11 is 0. The molecule has 6 heteroatoms. The Balaban J connectivity index is 1.18. The number of unbranched alkanes of at least 4 members (excludes halogenated alkanes) is 36. The lowest BCUT2D eigenvalue weighted by Gasteiger charge is -2.18. The first kappa shape index (κ1) is 63.0. The predicted molar refractivity (Wildman–Crippen MR) is 309 cm³/mol. The van der Waals surface area contributed by atoms with Crippen LogP contribution in [0, 0.1) is 0 Å². The smallest absolute Gasteiger partial charge is 0.305 e. The van der Waals surface area contributed by atoms with Gasteiger partial charge in [0, 0.05) is 34.4 Å². The molecule has 6 nitrogen and oxygen atoms in total. The SMILES string of the molecule is CCCCOC(=O)CCCCCCCCCCCCCCCCCCCCOc1c2ccccc2c(OCCCCCCCCCCCCCCCCCCCCC(=O)OCCCC)c2cc(CC)ccc12. The van der Waals surface area contributed by atoms with E-state index in [4.69, 9.17) is 18.9 Å². The second kappa shape index (κ2) is 45.1. The standard InChI is InChI=1S/C66H110O6/c1-4-7-53-69-63(67)49-41-37-33-29-25-21-17-13-9-11-15-19-23-27-31-35-39-45-55-71-65-59-47-43-44-48-60(59)66(62-57-58(6-3)51-52-61(62)65)72-56-46-40-36-32-28-24-20-16-12-10-14-18-22-26-30-34-38-42-50-64(68)70-54-8-5-2/h43-44,47-48,51-52,57H,4-42,45-46,49-50,53-56H2,1-3H3. The largest absolute Gasteiger partial charge is 0.492 e. The molecule has 0 radical (unpaired) electrons. The van der Waals surface area contributed by atoms with Crippen LogP contribution in [0.25, 0.3) is 21.5 Å². The van der Waals surface area contributed by atoms with Gasteiger partial charge in [0.2, 0.25) is 0 Å². The third-order valence-electron chi connectivity index (χ3n) is 15.0. The molecule has 0 saturated heterocycles. The van der Waals surface area contributed by atoms with Crippen molar-refractivity contribution >= 4 is 33.5 Å². The zero-order valence-electron chi connectivity index (χ0n) is 47.2. The molecule has 3 rings (SSSR count). The van der Waals surface area contributed by atoms with Gasteiger partial charge in [0.1, 0.15) is 11.5 Å². The molecule has 410 valence electrons. The monoisotopic (exact) mass is 999 g/mol. The maximum Gasteiger partial charge on any atom is 0.305 e. The molecule has 72 heavy (non-hydrogen) atoms. The summed E-state index contributed by atoms with van der Waals surface area (Å²) in [5, 5.41) is 4.72. The van der Waals surface area contributed by atoms with Gasteiger partial charge in [-0.15, -0.1) is 0 Å². The van der Waals surface area contributed by atoms with Gasteiger partial charge in [0.15, 0.2) is 0 Å². The van der Waals surface area contributed by atoms with E-state index in [2.05, 4.69) is 63.2 Å². The molecule has 3 aromatic rings. The minimum atomic E-state index is -0.00926. The fourth-order valence-corrected chi connectivity index (χ4v) is 10.2. The van der Waals surface area contributed by atoms with Crippen molar-refractivity contribution in [3.05, 3.63) is 48.0 Å². The number of carbonyl (C=O) groups is 2. The molecule has 0 spiro atoms. The highest BCUT2D eigenvalue weighted by Gasteiger charge is 2.17. The Hall–Kier alpha value is -3.28. The highest BCUT2D eigenvalue weighted by molar-refractivity contribution is 6.11. The molecule has 0 unspecified atom stereocenters. The van der Waals surface area contributed by atoms with Crippen LogP contribution in [-0.2, 0) is 25.5 Å². The van der Waals surface area contributed by atoms with E-state index >= 15 is 0 Å². The molecule has 0 atom stereocenters. The van der Waals surface area contributed by atoms with Gasteiger partial charge in [-0.1, -0.05) is 275 Å². The molecule has 0 aromatic heterocycles. The summed E-state index contributed by atoms with van der Waals surface area (Å²) in [6.07, 6.45) is 53.3. The second-order valence-corrected chi connectivity index (χ2v) is 21.5. The van der Waals surface area contributed by atoms with Crippen LogP contribution in [0.2, 0.25) is 0 Å². The molecule has 0 aliphatic heterocycles. The Morgan fingerprint density at radius 3 is 0.931 bits per heavy atom. The lowest BCUT2D eigenvalue weighted by Crippen LogP contribution is -2.05. The molecular formula is C66H110O6. The minimum Gasteiger partial charge on any atom is -0.492 e. The average Bonchev–Trinajstić information content (AvgIpc) is 3.39. The summed E-state index contributed by atoms with van der Waals surface area (Å²) in [7, 11) is 0. The van der Waals surface area contributed by atoms with Crippen molar-refractivity contribution in [1.82, 2.24) is 0 Å². The molecule has 0 amide bonds. The van der Waals surface area contributed by atoms with Gasteiger partial charge in [-0.3, -0.25) is 9.59 Å². The molecule has 0 aliphatic rings. The number of benzene rings is 3. The lowest BCUT2D eigenvalue weighted by atomic mass is 9.98. The van der Waals surface area contributed by atoms with E-state index in [1.807, 2.05) is 0 Å². The van der Waals surface area contributed by atoms with E-state index in [0.29, 0.717) is 26.1 Å². The van der Waals surface area contributed by atoms with Crippen molar-refractivity contribution in [3.8, 4) is 11.5 Å². The number of carbonyl (C=O) groups excluding carboxylic acids is 2. The molecule has 0 aliphatic carbocycles. The molecule has 0 heterocycles. The van der Waals surface area contributed by atoms with Crippen LogP contribution in [0.1, 0.15) is 296 Å². The quantitative estimate of drug-likeness (QED) is 0.0319. The van der Waals surface area contributed by atoms with Crippen LogP contribution in [0.5, 0.6) is 11.5 Å². The van der Waals surface area contributed by atoms with E-state index in [0.717, 1.165) is 95.3 Å². The van der Waals surface area contributed by atoms with Gasteiger partial charge in [0.05, 0.1) is 26.4 Å². The Kier molecular flexibility index (Phi) is 39.5. The number of hydrogen-bond acceptors (Lipinski definition) is 6. The van der Waals surface area contributed by atoms with Crippen molar-refractivity contribution in [2.75, 3.05) is 26.4 Å². The lowest BCUT2D eigenvalue weighted by molar-refractivity contribution is -0.144. The zero-order valence-corrected chi connectivity index (χ0v) is 47.2. The topological polar surface area (TPSA) is 71.1 Å². The zero-order chi connectivity index (χ0) is 51.2. The van der Waals surface area contributed by atoms with E-state index < -0.39 is 0 Å². The maximum absolute atomic E-state index is 11.7. The summed E-state index contributed by atoms with van der Waals surface area (Å²) in [5.74, 6) is 2.03. The first-order chi connectivity index (χ1) is 35.6. The Morgan fingerprint density at radius 2 is 0.611 bits per heavy atom. The minimum absolute atomic E-state index is 0.00924. The van der Waals surface area contributed by atoms with Crippen molar-refractivity contribution in [2.45, 2.75) is 297 Å². The Bertz CT molecular complexity index is 1750. The Morgan fingerprint density at radius 1 is 0.319 bits per heavy atom. The van der Waals surface area contributed by atoms with Gasteiger partial charge >= 0.3 is 11.9 Å². The fourth-order valence-electron chi connectivity index (χ4n) is 10.2. The molecule has 0 fully saturated rings. The summed E-state index contributed by atoms with van der Waals surface area (Å²) in [6.45, 7) is 9.18. The Labute approximate surface area is 443 Å². The molecule has 0 bridgehead atoms. The van der Waals surface area contributed by atoms with Crippen LogP contribution in [0.15, 0.2) is 42.5 Å².